The lowest BCUT2D eigenvalue weighted by Gasteiger charge is -2.34. The summed E-state index contributed by atoms with van der Waals surface area (Å²) in [5.41, 5.74) is 4.80. The summed E-state index contributed by atoms with van der Waals surface area (Å²) in [4.78, 5) is 22.1. The molecule has 1 saturated carbocycles. The molecule has 0 radical (unpaired) electrons. The van der Waals surface area contributed by atoms with Gasteiger partial charge in [0.1, 0.15) is 12.5 Å². The van der Waals surface area contributed by atoms with Gasteiger partial charge in [0, 0.05) is 56.0 Å². The number of anilines is 2. The third kappa shape index (κ3) is 6.08. The van der Waals surface area contributed by atoms with Crippen LogP contribution in [0.4, 0.5) is 28.9 Å². The highest BCUT2D eigenvalue weighted by atomic mass is 28.3. The Kier molecular flexibility index (Phi) is 7.97. The second-order valence-corrected chi connectivity index (χ2v) is 20.0. The van der Waals surface area contributed by atoms with E-state index in [1.807, 2.05) is 34.4 Å². The van der Waals surface area contributed by atoms with Crippen molar-refractivity contribution in [2.75, 3.05) is 29.5 Å². The molecule has 0 spiro atoms. The molecule has 47 heavy (non-hydrogen) atoms. The maximum atomic E-state index is 16.2. The first-order chi connectivity index (χ1) is 22.3. The van der Waals surface area contributed by atoms with Crippen LogP contribution < -0.4 is 9.80 Å². The van der Waals surface area contributed by atoms with E-state index in [-0.39, 0.29) is 37.9 Å². The predicted octanol–water partition coefficient (Wildman–Crippen LogP) is 7.86. The third-order valence-electron chi connectivity index (χ3n) is 9.75. The molecule has 1 amide bonds. The van der Waals surface area contributed by atoms with Gasteiger partial charge in [-0.05, 0) is 69.0 Å². The Bertz CT molecular complexity index is 1820. The zero-order valence-corrected chi connectivity index (χ0v) is 28.1. The van der Waals surface area contributed by atoms with Crippen LogP contribution in [0.15, 0.2) is 42.7 Å². The van der Waals surface area contributed by atoms with Crippen LogP contribution in [0.3, 0.4) is 0 Å². The van der Waals surface area contributed by atoms with E-state index in [9.17, 15) is 18.0 Å². The average Bonchev–Trinajstić information content (AvgIpc) is 3.60. The fourth-order valence-electron chi connectivity index (χ4n) is 6.86. The molecule has 8 nitrogen and oxygen atoms in total. The smallest absolute Gasteiger partial charge is 0.371 e. The van der Waals surface area contributed by atoms with Gasteiger partial charge in [-0.25, -0.2) is 9.37 Å². The van der Waals surface area contributed by atoms with Crippen molar-refractivity contribution in [2.45, 2.75) is 83.3 Å². The normalized spacial score (nSPS) is 19.3. The van der Waals surface area contributed by atoms with E-state index in [1.165, 1.54) is 6.07 Å². The van der Waals surface area contributed by atoms with E-state index in [2.05, 4.69) is 24.6 Å². The Morgan fingerprint density at radius 2 is 1.72 bits per heavy atom. The van der Waals surface area contributed by atoms with Gasteiger partial charge in [0.2, 0.25) is 0 Å². The largest absolute Gasteiger partial charge is 0.391 e. The van der Waals surface area contributed by atoms with Crippen LogP contribution in [-0.2, 0) is 11.5 Å². The van der Waals surface area contributed by atoms with Crippen molar-refractivity contribution < 1.29 is 27.1 Å². The molecule has 4 aromatic rings. The molecule has 3 aliphatic rings. The van der Waals surface area contributed by atoms with Gasteiger partial charge in [0.15, 0.2) is 5.69 Å². The predicted molar refractivity (Wildman–Crippen MR) is 175 cm³/mol. The molecule has 2 aromatic carbocycles. The number of amides is 1. The molecule has 2 aromatic heterocycles. The molecule has 1 aliphatic carbocycles. The first-order valence-corrected chi connectivity index (χ1v) is 20.1. The molecule has 1 atom stereocenters. The van der Waals surface area contributed by atoms with E-state index < -0.39 is 32.0 Å². The number of halogens is 4. The minimum Gasteiger partial charge on any atom is -0.371 e. The summed E-state index contributed by atoms with van der Waals surface area (Å²) in [6.07, 6.45) is -0.574. The second-order valence-electron chi connectivity index (χ2n) is 14.3. The van der Waals surface area contributed by atoms with E-state index in [0.717, 1.165) is 30.1 Å². The van der Waals surface area contributed by atoms with Crippen molar-refractivity contribution in [2.24, 2.45) is 5.92 Å². The first-order valence-electron chi connectivity index (χ1n) is 16.4. The number of aromatic nitrogens is 4. The van der Waals surface area contributed by atoms with Crippen LogP contribution in [0.1, 0.15) is 65.1 Å². The topological polar surface area (TPSA) is 68.4 Å². The second kappa shape index (κ2) is 11.8. The zero-order chi connectivity index (χ0) is 33.2. The summed E-state index contributed by atoms with van der Waals surface area (Å²) >= 11 is 0. The van der Waals surface area contributed by atoms with Crippen LogP contribution in [0.2, 0.25) is 25.7 Å². The Balaban J connectivity index is 1.20. The lowest BCUT2D eigenvalue weighted by atomic mass is 9.95. The molecule has 0 bridgehead atoms. The number of benzene rings is 2. The highest BCUT2D eigenvalue weighted by molar-refractivity contribution is 6.76. The Hall–Kier alpha value is -3.71. The number of piperidine rings is 1. The van der Waals surface area contributed by atoms with Crippen molar-refractivity contribution in [1.29, 1.82) is 0 Å². The number of carbonyl (C=O) groups is 1. The maximum absolute atomic E-state index is 16.2. The number of nitrogens with zero attached hydrogens (tertiary/aromatic N) is 6. The quantitative estimate of drug-likeness (QED) is 0.103. The monoisotopic (exact) mass is 668 g/mol. The van der Waals surface area contributed by atoms with Gasteiger partial charge in [0.25, 0.3) is 5.91 Å². The van der Waals surface area contributed by atoms with E-state index >= 15 is 4.39 Å². The Morgan fingerprint density at radius 3 is 2.38 bits per heavy atom. The van der Waals surface area contributed by atoms with Crippen LogP contribution in [-0.4, -0.2) is 59.2 Å². The highest BCUT2D eigenvalue weighted by Gasteiger charge is 2.46. The lowest BCUT2D eigenvalue weighted by molar-refractivity contribution is -0.179. The van der Waals surface area contributed by atoms with Crippen molar-refractivity contribution in [3.8, 4) is 0 Å². The number of rotatable bonds is 9. The lowest BCUT2D eigenvalue weighted by Crippen LogP contribution is -2.39. The molecule has 1 unspecified atom stereocenters. The minimum atomic E-state index is -4.22. The van der Waals surface area contributed by atoms with E-state index in [0.29, 0.717) is 47.1 Å². The summed E-state index contributed by atoms with van der Waals surface area (Å²) in [7, 11) is -1.21. The molecule has 2 aliphatic heterocycles. The van der Waals surface area contributed by atoms with Crippen molar-refractivity contribution in [3.05, 3.63) is 71.1 Å². The van der Waals surface area contributed by atoms with E-state index in [4.69, 9.17) is 9.84 Å². The fourth-order valence-corrected chi connectivity index (χ4v) is 7.62. The third-order valence-corrected chi connectivity index (χ3v) is 11.5. The van der Waals surface area contributed by atoms with Gasteiger partial charge >= 0.3 is 6.18 Å². The van der Waals surface area contributed by atoms with Crippen LogP contribution in [0, 0.1) is 18.7 Å². The molecule has 1 saturated heterocycles. The standard InChI is InChI=1S/C34H40F4N6O2Si/c1-21-30-31(40-44(21)23-5-6-23)33(45)43(25-8-10-29-28(18-25)39-19-42(29)20-46-15-16-47(2,3)4)32(30)26-9-7-24(17-27(26)35)41-13-11-22(12-14-41)34(36,37)38/h7-10,17-19,22-23,32H,5-6,11-16,20H2,1-4H3. The van der Waals surface area contributed by atoms with Gasteiger partial charge in [0.05, 0.1) is 35.4 Å². The number of ether oxygens (including phenoxy) is 1. The zero-order valence-electron chi connectivity index (χ0n) is 27.1. The van der Waals surface area contributed by atoms with Gasteiger partial charge in [-0.3, -0.25) is 14.4 Å². The summed E-state index contributed by atoms with van der Waals surface area (Å²) < 4.78 is 65.7. The molecule has 7 rings (SSSR count). The van der Waals surface area contributed by atoms with Crippen molar-refractivity contribution in [1.82, 2.24) is 19.3 Å². The van der Waals surface area contributed by atoms with Gasteiger partial charge in [-0.15, -0.1) is 0 Å². The summed E-state index contributed by atoms with van der Waals surface area (Å²) in [6, 6.07) is 10.9. The summed E-state index contributed by atoms with van der Waals surface area (Å²) in [5, 5.41) is 4.73. The molecule has 2 fully saturated rings. The highest BCUT2D eigenvalue weighted by Crippen LogP contribution is 2.47. The van der Waals surface area contributed by atoms with Crippen LogP contribution >= 0.6 is 0 Å². The summed E-state index contributed by atoms with van der Waals surface area (Å²) in [6.45, 7) is 10.3. The number of imidazole rings is 1. The Labute approximate surface area is 272 Å². The van der Waals surface area contributed by atoms with Crippen LogP contribution in [0.5, 0.6) is 0 Å². The van der Waals surface area contributed by atoms with Gasteiger partial charge < -0.3 is 14.2 Å². The molecular weight excluding hydrogens is 628 g/mol. The Morgan fingerprint density at radius 1 is 1.00 bits per heavy atom. The number of alkyl halides is 3. The van der Waals surface area contributed by atoms with Crippen LogP contribution in [0.25, 0.3) is 11.0 Å². The first kappa shape index (κ1) is 31.9. The number of hydrogen-bond donors (Lipinski definition) is 0. The molecule has 0 N–H and O–H groups in total. The maximum Gasteiger partial charge on any atom is 0.391 e. The molecule has 250 valence electrons. The number of fused-ring (bicyclic) bond motifs is 2. The SMILES string of the molecule is Cc1c2c(nn1C1CC1)C(=O)N(c1ccc3c(c1)ncn3COCC[Si](C)(C)C)C2c1ccc(N2CCC(C(F)(F)F)CC2)cc1F. The fraction of sp³-hybridized carbons (Fsp3) is 0.500. The van der Waals surface area contributed by atoms with E-state index in [1.54, 1.807) is 28.3 Å². The van der Waals surface area contributed by atoms with Gasteiger partial charge in [-0.2, -0.15) is 18.3 Å². The molecule has 4 heterocycles. The molecule has 13 heteroatoms. The van der Waals surface area contributed by atoms with Crippen molar-refractivity contribution >= 4 is 36.4 Å². The minimum absolute atomic E-state index is 0.0243. The summed E-state index contributed by atoms with van der Waals surface area (Å²) in [5.74, 6) is -2.16. The van der Waals surface area contributed by atoms with Crippen molar-refractivity contribution in [3.63, 3.8) is 0 Å². The number of hydrogen-bond acceptors (Lipinski definition) is 5. The van der Waals surface area contributed by atoms with Gasteiger partial charge in [-0.1, -0.05) is 25.7 Å². The molecular formula is C34H40F4N6O2Si. The average molecular weight is 669 g/mol. The number of carbonyl (C=O) groups excluding carboxylic acids is 1.